The third kappa shape index (κ3) is 2.70. The first-order valence-corrected chi connectivity index (χ1v) is 7.25. The van der Waals surface area contributed by atoms with E-state index in [0.717, 1.165) is 16.2 Å². The highest BCUT2D eigenvalue weighted by molar-refractivity contribution is 7.89. The van der Waals surface area contributed by atoms with Crippen LogP contribution in [0, 0.1) is 18.3 Å². The molecular weight excluding hydrogens is 270 g/mol. The Hall–Kier alpha value is -1.84. The van der Waals surface area contributed by atoms with Crippen molar-refractivity contribution in [3.05, 3.63) is 46.8 Å². The van der Waals surface area contributed by atoms with Gasteiger partial charge in [-0.3, -0.25) is 0 Å². The molecule has 0 spiro atoms. The number of benzene rings is 1. The Balaban J connectivity index is 2.25. The SMILES string of the molecule is Cc1ccc(S(=O)(=O)Oc2ccc(C#N)cc2)s1. The number of hydrogen-bond donors (Lipinski definition) is 0. The minimum absolute atomic E-state index is 0.171. The molecule has 6 heteroatoms. The summed E-state index contributed by atoms with van der Waals surface area (Å²) < 4.78 is 28.9. The molecular formula is C12H9NO3S2. The number of aryl methyl sites for hydroxylation is 1. The molecule has 0 radical (unpaired) electrons. The van der Waals surface area contributed by atoms with Crippen LogP contribution in [0.5, 0.6) is 5.75 Å². The molecule has 18 heavy (non-hydrogen) atoms. The Kier molecular flexibility index (Phi) is 3.36. The highest BCUT2D eigenvalue weighted by atomic mass is 32.3. The van der Waals surface area contributed by atoms with Gasteiger partial charge in [0.1, 0.15) is 5.75 Å². The first kappa shape index (κ1) is 12.6. The van der Waals surface area contributed by atoms with Gasteiger partial charge in [0.05, 0.1) is 11.6 Å². The Morgan fingerprint density at radius 3 is 2.33 bits per heavy atom. The molecule has 0 bridgehead atoms. The number of nitrogens with zero attached hydrogens (tertiary/aromatic N) is 1. The monoisotopic (exact) mass is 279 g/mol. The minimum Gasteiger partial charge on any atom is -0.378 e. The molecule has 2 aromatic rings. The van der Waals surface area contributed by atoms with Gasteiger partial charge in [-0.1, -0.05) is 0 Å². The smallest absolute Gasteiger partial charge is 0.348 e. The van der Waals surface area contributed by atoms with Crippen molar-refractivity contribution in [1.29, 1.82) is 5.26 Å². The maximum atomic E-state index is 11.9. The Bertz CT molecular complexity index is 694. The first-order chi connectivity index (χ1) is 8.51. The molecule has 92 valence electrons. The lowest BCUT2D eigenvalue weighted by Gasteiger charge is -2.04. The number of hydrogen-bond acceptors (Lipinski definition) is 5. The Labute approximate surface area is 109 Å². The molecule has 1 aromatic carbocycles. The lowest BCUT2D eigenvalue weighted by atomic mass is 10.2. The van der Waals surface area contributed by atoms with Crippen molar-refractivity contribution < 1.29 is 12.6 Å². The van der Waals surface area contributed by atoms with Crippen molar-refractivity contribution in [3.63, 3.8) is 0 Å². The maximum absolute atomic E-state index is 11.9. The van der Waals surface area contributed by atoms with Gasteiger partial charge in [-0.25, -0.2) is 0 Å². The van der Waals surface area contributed by atoms with E-state index in [2.05, 4.69) is 0 Å². The molecule has 1 heterocycles. The second-order valence-corrected chi connectivity index (χ2v) is 6.60. The molecule has 0 saturated heterocycles. The van der Waals surface area contributed by atoms with Gasteiger partial charge in [-0.2, -0.15) is 13.7 Å². The fourth-order valence-corrected chi connectivity index (χ4v) is 3.47. The van der Waals surface area contributed by atoms with Crippen molar-refractivity contribution in [1.82, 2.24) is 0 Å². The standard InChI is InChI=1S/C12H9NO3S2/c1-9-2-7-12(17-9)18(14,15)16-11-5-3-10(8-13)4-6-11/h2-7H,1H3. The van der Waals surface area contributed by atoms with Crippen LogP contribution in [0.2, 0.25) is 0 Å². The number of nitriles is 1. The minimum atomic E-state index is -3.78. The van der Waals surface area contributed by atoms with E-state index in [1.54, 1.807) is 6.07 Å². The largest absolute Gasteiger partial charge is 0.378 e. The van der Waals surface area contributed by atoms with Gasteiger partial charge >= 0.3 is 10.1 Å². The van der Waals surface area contributed by atoms with Gasteiger partial charge < -0.3 is 4.18 Å². The number of thiophene rings is 1. The first-order valence-electron chi connectivity index (χ1n) is 5.02. The average molecular weight is 279 g/mol. The molecule has 0 fully saturated rings. The summed E-state index contributed by atoms with van der Waals surface area (Å²) in [6.45, 7) is 1.82. The molecule has 4 nitrogen and oxygen atoms in total. The summed E-state index contributed by atoms with van der Waals surface area (Å²) in [7, 11) is -3.78. The van der Waals surface area contributed by atoms with Gasteiger partial charge in [-0.05, 0) is 43.3 Å². The van der Waals surface area contributed by atoms with Crippen LogP contribution in [-0.4, -0.2) is 8.42 Å². The second-order valence-electron chi connectivity index (χ2n) is 3.54. The van der Waals surface area contributed by atoms with Gasteiger partial charge in [0.15, 0.2) is 4.21 Å². The van der Waals surface area contributed by atoms with E-state index in [-0.39, 0.29) is 9.96 Å². The van der Waals surface area contributed by atoms with Crippen molar-refractivity contribution in [2.75, 3.05) is 0 Å². The van der Waals surface area contributed by atoms with Gasteiger partial charge in [0.25, 0.3) is 0 Å². The Morgan fingerprint density at radius 1 is 1.17 bits per heavy atom. The van der Waals surface area contributed by atoms with Crippen LogP contribution < -0.4 is 4.18 Å². The Morgan fingerprint density at radius 2 is 1.83 bits per heavy atom. The van der Waals surface area contributed by atoms with Crippen LogP contribution in [0.15, 0.2) is 40.6 Å². The van der Waals surface area contributed by atoms with Crippen LogP contribution in [-0.2, 0) is 10.1 Å². The third-order valence-corrected chi connectivity index (χ3v) is 4.85. The van der Waals surface area contributed by atoms with E-state index in [9.17, 15) is 8.42 Å². The zero-order chi connectivity index (χ0) is 13.2. The molecule has 0 N–H and O–H groups in total. The molecule has 0 aliphatic heterocycles. The predicted octanol–water partition coefficient (Wildman–Crippen LogP) is 2.70. The molecule has 0 amide bonds. The highest BCUT2D eigenvalue weighted by Gasteiger charge is 2.18. The van der Waals surface area contributed by atoms with Gasteiger partial charge in [0.2, 0.25) is 0 Å². The maximum Gasteiger partial charge on any atom is 0.348 e. The van der Waals surface area contributed by atoms with E-state index in [1.807, 2.05) is 13.0 Å². The topological polar surface area (TPSA) is 67.2 Å². The third-order valence-electron chi connectivity index (χ3n) is 2.15. The quantitative estimate of drug-likeness (QED) is 0.810. The van der Waals surface area contributed by atoms with Gasteiger partial charge in [0, 0.05) is 4.88 Å². The molecule has 0 atom stereocenters. The van der Waals surface area contributed by atoms with Crippen LogP contribution in [0.25, 0.3) is 0 Å². The molecule has 2 rings (SSSR count). The lowest BCUT2D eigenvalue weighted by Crippen LogP contribution is -2.07. The van der Waals surface area contributed by atoms with Crippen molar-refractivity contribution >= 4 is 21.5 Å². The summed E-state index contributed by atoms with van der Waals surface area (Å²) in [6.07, 6.45) is 0. The number of rotatable bonds is 3. The summed E-state index contributed by atoms with van der Waals surface area (Å²) in [5.41, 5.74) is 0.451. The predicted molar refractivity (Wildman–Crippen MR) is 68.0 cm³/mol. The van der Waals surface area contributed by atoms with Crippen LogP contribution in [0.4, 0.5) is 0 Å². The van der Waals surface area contributed by atoms with Crippen molar-refractivity contribution in [2.24, 2.45) is 0 Å². The van der Waals surface area contributed by atoms with Gasteiger partial charge in [-0.15, -0.1) is 11.3 Å². The van der Waals surface area contributed by atoms with Crippen LogP contribution in [0.3, 0.4) is 0 Å². The van der Waals surface area contributed by atoms with Crippen LogP contribution in [0.1, 0.15) is 10.4 Å². The highest BCUT2D eigenvalue weighted by Crippen LogP contribution is 2.24. The molecule has 0 saturated carbocycles. The van der Waals surface area contributed by atoms with Crippen molar-refractivity contribution in [2.45, 2.75) is 11.1 Å². The fraction of sp³-hybridized carbons (Fsp3) is 0.0833. The lowest BCUT2D eigenvalue weighted by molar-refractivity contribution is 0.488. The summed E-state index contributed by atoms with van der Waals surface area (Å²) in [5.74, 6) is 0.194. The zero-order valence-electron chi connectivity index (χ0n) is 9.45. The van der Waals surface area contributed by atoms with E-state index >= 15 is 0 Å². The second kappa shape index (κ2) is 4.80. The molecule has 0 unspecified atom stereocenters. The average Bonchev–Trinajstić information content (AvgIpc) is 2.77. The normalized spacial score (nSPS) is 10.9. The van der Waals surface area contributed by atoms with Crippen LogP contribution >= 0.6 is 11.3 Å². The van der Waals surface area contributed by atoms with E-state index in [4.69, 9.17) is 9.44 Å². The fourth-order valence-electron chi connectivity index (χ4n) is 1.30. The molecule has 1 aromatic heterocycles. The summed E-state index contributed by atoms with van der Waals surface area (Å²) in [5, 5.41) is 8.63. The molecule has 0 aliphatic rings. The van der Waals surface area contributed by atoms with Crippen molar-refractivity contribution in [3.8, 4) is 11.8 Å². The van der Waals surface area contributed by atoms with E-state index in [0.29, 0.717) is 5.56 Å². The zero-order valence-corrected chi connectivity index (χ0v) is 11.1. The molecule has 0 aliphatic carbocycles. The van der Waals surface area contributed by atoms with E-state index < -0.39 is 10.1 Å². The summed E-state index contributed by atoms with van der Waals surface area (Å²) >= 11 is 1.16. The summed E-state index contributed by atoms with van der Waals surface area (Å²) in [4.78, 5) is 0.900. The summed E-state index contributed by atoms with van der Waals surface area (Å²) in [6, 6.07) is 11.1. The van der Waals surface area contributed by atoms with E-state index in [1.165, 1.54) is 30.3 Å².